The van der Waals surface area contributed by atoms with E-state index in [1.165, 1.54) is 4.90 Å². The summed E-state index contributed by atoms with van der Waals surface area (Å²) >= 11 is 0. The minimum atomic E-state index is -0.474. The smallest absolute Gasteiger partial charge is 0.315 e. The van der Waals surface area contributed by atoms with Crippen LogP contribution in [0.5, 0.6) is 0 Å². The summed E-state index contributed by atoms with van der Waals surface area (Å²) in [6.45, 7) is 2.66. The summed E-state index contributed by atoms with van der Waals surface area (Å²) in [4.78, 5) is 16.7. The van der Waals surface area contributed by atoms with Crippen LogP contribution in [0.15, 0.2) is 24.4 Å². The van der Waals surface area contributed by atoms with Crippen LogP contribution in [-0.2, 0) is 6.54 Å². The van der Waals surface area contributed by atoms with Gasteiger partial charge in [0.2, 0.25) is 0 Å². The first-order chi connectivity index (χ1) is 7.09. The fourth-order valence-corrected chi connectivity index (χ4v) is 1.27. The zero-order valence-corrected chi connectivity index (χ0v) is 8.76. The van der Waals surface area contributed by atoms with Crippen LogP contribution in [0.1, 0.15) is 12.6 Å². The summed E-state index contributed by atoms with van der Waals surface area (Å²) in [5, 5.41) is 0. The van der Waals surface area contributed by atoms with Gasteiger partial charge in [-0.25, -0.2) is 4.79 Å². The number of amides is 2. The van der Waals surface area contributed by atoms with Crippen molar-refractivity contribution in [2.24, 2.45) is 11.5 Å². The van der Waals surface area contributed by atoms with E-state index in [0.29, 0.717) is 13.1 Å². The number of rotatable bonds is 4. The van der Waals surface area contributed by atoms with E-state index in [4.69, 9.17) is 11.5 Å². The summed E-state index contributed by atoms with van der Waals surface area (Å²) < 4.78 is 0. The number of pyridine rings is 1. The molecule has 1 unspecified atom stereocenters. The molecule has 2 amide bonds. The number of hydrogen-bond donors (Lipinski definition) is 2. The maximum Gasteiger partial charge on any atom is 0.315 e. The van der Waals surface area contributed by atoms with Gasteiger partial charge < -0.3 is 16.4 Å². The molecule has 5 nitrogen and oxygen atoms in total. The zero-order chi connectivity index (χ0) is 11.3. The summed E-state index contributed by atoms with van der Waals surface area (Å²) in [6, 6.07) is 4.97. The number of urea groups is 1. The molecule has 4 N–H and O–H groups in total. The average Bonchev–Trinajstić information content (AvgIpc) is 2.17. The van der Waals surface area contributed by atoms with Gasteiger partial charge in [-0.05, 0) is 19.1 Å². The maximum atomic E-state index is 11.1. The van der Waals surface area contributed by atoms with Crippen molar-refractivity contribution in [1.29, 1.82) is 0 Å². The van der Waals surface area contributed by atoms with Crippen LogP contribution in [0.4, 0.5) is 4.79 Å². The molecule has 0 saturated carbocycles. The van der Waals surface area contributed by atoms with Crippen molar-refractivity contribution in [3.8, 4) is 0 Å². The quantitative estimate of drug-likeness (QED) is 0.746. The van der Waals surface area contributed by atoms with Crippen molar-refractivity contribution in [3.05, 3.63) is 30.1 Å². The van der Waals surface area contributed by atoms with Crippen molar-refractivity contribution in [3.63, 3.8) is 0 Å². The number of primary amides is 1. The third-order valence-corrected chi connectivity index (χ3v) is 1.90. The number of hydrogen-bond acceptors (Lipinski definition) is 3. The summed E-state index contributed by atoms with van der Waals surface area (Å²) in [5.74, 6) is 0. The molecule has 0 radical (unpaired) electrons. The first kappa shape index (κ1) is 11.5. The molecule has 0 spiro atoms. The Hall–Kier alpha value is -1.62. The molecule has 0 bridgehead atoms. The lowest BCUT2D eigenvalue weighted by atomic mass is 10.3. The van der Waals surface area contributed by atoms with Gasteiger partial charge in [-0.2, -0.15) is 0 Å². The van der Waals surface area contributed by atoms with Crippen molar-refractivity contribution < 1.29 is 4.79 Å². The fraction of sp³-hybridized carbons (Fsp3) is 0.400. The Bertz CT molecular complexity index is 312. The highest BCUT2D eigenvalue weighted by Crippen LogP contribution is 2.01. The highest BCUT2D eigenvalue weighted by Gasteiger charge is 2.12. The largest absolute Gasteiger partial charge is 0.351 e. The molecule has 0 aromatic carbocycles. The lowest BCUT2D eigenvalue weighted by molar-refractivity contribution is 0.201. The first-order valence-electron chi connectivity index (χ1n) is 4.79. The predicted octanol–water partition coefficient (Wildman–Crippen LogP) is 0.309. The lowest BCUT2D eigenvalue weighted by Gasteiger charge is -2.21. The van der Waals surface area contributed by atoms with Gasteiger partial charge in [0.25, 0.3) is 0 Å². The highest BCUT2D eigenvalue weighted by molar-refractivity contribution is 5.71. The Morgan fingerprint density at radius 2 is 2.33 bits per heavy atom. The number of nitrogens with zero attached hydrogens (tertiary/aromatic N) is 2. The molecule has 1 heterocycles. The number of carbonyl (C=O) groups is 1. The van der Waals surface area contributed by atoms with Gasteiger partial charge in [0, 0.05) is 18.8 Å². The number of aromatic nitrogens is 1. The minimum absolute atomic E-state index is 0.0961. The van der Waals surface area contributed by atoms with Gasteiger partial charge in [-0.15, -0.1) is 0 Å². The Kier molecular flexibility index (Phi) is 4.05. The Morgan fingerprint density at radius 3 is 2.80 bits per heavy atom. The minimum Gasteiger partial charge on any atom is -0.351 e. The normalized spacial score (nSPS) is 12.1. The van der Waals surface area contributed by atoms with E-state index in [2.05, 4.69) is 4.98 Å². The highest BCUT2D eigenvalue weighted by atomic mass is 16.2. The molecule has 5 heteroatoms. The second-order valence-electron chi connectivity index (χ2n) is 3.52. The van der Waals surface area contributed by atoms with Gasteiger partial charge in [0.15, 0.2) is 0 Å². The average molecular weight is 208 g/mol. The van der Waals surface area contributed by atoms with Crippen molar-refractivity contribution in [2.75, 3.05) is 6.54 Å². The van der Waals surface area contributed by atoms with E-state index >= 15 is 0 Å². The van der Waals surface area contributed by atoms with Crippen LogP contribution in [0.25, 0.3) is 0 Å². The Morgan fingerprint density at radius 1 is 1.60 bits per heavy atom. The summed E-state index contributed by atoms with van der Waals surface area (Å²) in [7, 11) is 0. The summed E-state index contributed by atoms with van der Waals surface area (Å²) in [6.07, 6.45) is 1.68. The van der Waals surface area contributed by atoms with Crippen molar-refractivity contribution >= 4 is 6.03 Å². The second kappa shape index (κ2) is 5.31. The van der Waals surface area contributed by atoms with Crippen LogP contribution in [0.2, 0.25) is 0 Å². The van der Waals surface area contributed by atoms with Gasteiger partial charge in [-0.3, -0.25) is 4.98 Å². The van der Waals surface area contributed by atoms with Crippen LogP contribution < -0.4 is 11.5 Å². The molecular weight excluding hydrogens is 192 g/mol. The van der Waals surface area contributed by atoms with E-state index in [1.54, 1.807) is 6.20 Å². The van der Waals surface area contributed by atoms with Gasteiger partial charge in [0.1, 0.15) is 0 Å². The van der Waals surface area contributed by atoms with E-state index < -0.39 is 6.03 Å². The molecule has 1 aromatic heterocycles. The molecule has 1 rings (SSSR count). The van der Waals surface area contributed by atoms with E-state index in [1.807, 2.05) is 25.1 Å². The Balaban J connectivity index is 2.63. The molecule has 15 heavy (non-hydrogen) atoms. The summed E-state index contributed by atoms with van der Waals surface area (Å²) in [5.41, 5.74) is 11.7. The van der Waals surface area contributed by atoms with Gasteiger partial charge >= 0.3 is 6.03 Å². The maximum absolute atomic E-state index is 11.1. The molecule has 0 saturated heterocycles. The number of carbonyl (C=O) groups excluding carboxylic acids is 1. The molecule has 82 valence electrons. The Labute approximate surface area is 89.1 Å². The molecule has 0 aliphatic rings. The van der Waals surface area contributed by atoms with Crippen LogP contribution >= 0.6 is 0 Å². The fourth-order valence-electron chi connectivity index (χ4n) is 1.27. The SMILES string of the molecule is CC(N)CN(Cc1ccccn1)C(N)=O. The molecule has 1 atom stereocenters. The third kappa shape index (κ3) is 3.95. The van der Waals surface area contributed by atoms with E-state index in [0.717, 1.165) is 5.69 Å². The molecule has 1 aromatic rings. The first-order valence-corrected chi connectivity index (χ1v) is 4.79. The predicted molar refractivity (Wildman–Crippen MR) is 57.9 cm³/mol. The van der Waals surface area contributed by atoms with E-state index in [-0.39, 0.29) is 6.04 Å². The third-order valence-electron chi connectivity index (χ3n) is 1.90. The van der Waals surface area contributed by atoms with Gasteiger partial charge in [-0.1, -0.05) is 6.07 Å². The van der Waals surface area contributed by atoms with Gasteiger partial charge in [0.05, 0.1) is 12.2 Å². The standard InChI is InChI=1S/C10H16N4O/c1-8(11)6-14(10(12)15)7-9-4-2-3-5-13-9/h2-5,8H,6-7,11H2,1H3,(H2,12,15). The van der Waals surface area contributed by atoms with E-state index in [9.17, 15) is 4.79 Å². The monoisotopic (exact) mass is 208 g/mol. The topological polar surface area (TPSA) is 85.2 Å². The van der Waals surface area contributed by atoms with Crippen molar-refractivity contribution in [1.82, 2.24) is 9.88 Å². The molecule has 0 aliphatic heterocycles. The van der Waals surface area contributed by atoms with Crippen LogP contribution in [0, 0.1) is 0 Å². The zero-order valence-electron chi connectivity index (χ0n) is 8.76. The van der Waals surface area contributed by atoms with Crippen molar-refractivity contribution in [2.45, 2.75) is 19.5 Å². The van der Waals surface area contributed by atoms with Crippen LogP contribution in [0.3, 0.4) is 0 Å². The lowest BCUT2D eigenvalue weighted by Crippen LogP contribution is -2.42. The number of nitrogens with two attached hydrogens (primary N) is 2. The van der Waals surface area contributed by atoms with Crippen LogP contribution in [-0.4, -0.2) is 28.5 Å². The molecule has 0 fully saturated rings. The molecule has 0 aliphatic carbocycles. The second-order valence-corrected chi connectivity index (χ2v) is 3.52. The molecular formula is C10H16N4O.